The molecule has 90 valence electrons. The third-order valence-electron chi connectivity index (χ3n) is 3.67. The fourth-order valence-electron chi connectivity index (χ4n) is 1.98. The van der Waals surface area contributed by atoms with Crippen LogP contribution in [0.5, 0.6) is 0 Å². The lowest BCUT2D eigenvalue weighted by molar-refractivity contribution is 0.277. The molecule has 4 heteroatoms. The number of sulfone groups is 1. The van der Waals surface area contributed by atoms with Gasteiger partial charge in [-0.2, -0.15) is 0 Å². The van der Waals surface area contributed by atoms with Crippen molar-refractivity contribution in [3.8, 4) is 0 Å². The van der Waals surface area contributed by atoms with Crippen LogP contribution in [0.25, 0.3) is 0 Å². The molecule has 1 saturated heterocycles. The molecule has 1 N–H and O–H groups in total. The van der Waals surface area contributed by atoms with E-state index in [0.717, 1.165) is 25.7 Å². The predicted octanol–water partition coefficient (Wildman–Crippen LogP) is 1.73. The summed E-state index contributed by atoms with van der Waals surface area (Å²) in [6, 6.07) is 0.387. The highest BCUT2D eigenvalue weighted by Crippen LogP contribution is 2.19. The Morgan fingerprint density at radius 1 is 1.20 bits per heavy atom. The molecule has 0 bridgehead atoms. The minimum Gasteiger partial charge on any atom is -0.309 e. The van der Waals surface area contributed by atoms with Gasteiger partial charge >= 0.3 is 0 Å². The van der Waals surface area contributed by atoms with Crippen LogP contribution < -0.4 is 5.32 Å². The smallest absolute Gasteiger partial charge is 0.150 e. The first-order chi connectivity index (χ1) is 6.91. The molecule has 0 aromatic carbocycles. The predicted molar refractivity (Wildman–Crippen MR) is 63.8 cm³/mol. The molecule has 0 unspecified atom stereocenters. The maximum atomic E-state index is 11.3. The second-order valence-corrected chi connectivity index (χ2v) is 7.14. The van der Waals surface area contributed by atoms with Gasteiger partial charge in [0.25, 0.3) is 0 Å². The fraction of sp³-hybridized carbons (Fsp3) is 1.00. The Kier molecular flexibility index (Phi) is 4.18. The van der Waals surface area contributed by atoms with Gasteiger partial charge in [-0.25, -0.2) is 8.42 Å². The summed E-state index contributed by atoms with van der Waals surface area (Å²) in [7, 11) is -2.72. The van der Waals surface area contributed by atoms with Crippen LogP contribution in [0, 0.1) is 0 Å². The molecule has 15 heavy (non-hydrogen) atoms. The van der Waals surface area contributed by atoms with Crippen LogP contribution in [0.3, 0.4) is 0 Å². The first-order valence-corrected chi connectivity index (χ1v) is 7.71. The summed E-state index contributed by atoms with van der Waals surface area (Å²) in [5, 5.41) is 3.60. The number of rotatable bonds is 4. The SMILES string of the molecule is CCC(C)(CC)NC1CCS(=O)(=O)CC1. The first kappa shape index (κ1) is 13.0. The van der Waals surface area contributed by atoms with Crippen molar-refractivity contribution in [1.82, 2.24) is 5.32 Å². The van der Waals surface area contributed by atoms with E-state index in [0.29, 0.717) is 17.5 Å². The lowest BCUT2D eigenvalue weighted by Gasteiger charge is -2.35. The monoisotopic (exact) mass is 233 g/mol. The van der Waals surface area contributed by atoms with Crippen molar-refractivity contribution in [3.05, 3.63) is 0 Å². The van der Waals surface area contributed by atoms with Crippen LogP contribution in [0.2, 0.25) is 0 Å². The minimum atomic E-state index is -2.72. The maximum absolute atomic E-state index is 11.3. The molecule has 0 aromatic rings. The molecule has 1 aliphatic rings. The second-order valence-electron chi connectivity index (χ2n) is 4.84. The molecule has 0 saturated carbocycles. The van der Waals surface area contributed by atoms with Crippen LogP contribution in [-0.2, 0) is 9.84 Å². The van der Waals surface area contributed by atoms with Gasteiger partial charge in [0.1, 0.15) is 9.84 Å². The van der Waals surface area contributed by atoms with Crippen molar-refractivity contribution in [3.63, 3.8) is 0 Å². The quantitative estimate of drug-likeness (QED) is 0.804. The Hall–Kier alpha value is -0.0900. The summed E-state index contributed by atoms with van der Waals surface area (Å²) >= 11 is 0. The van der Waals surface area contributed by atoms with E-state index in [4.69, 9.17) is 0 Å². The third-order valence-corrected chi connectivity index (χ3v) is 5.38. The molecule has 1 heterocycles. The summed E-state index contributed by atoms with van der Waals surface area (Å²) in [4.78, 5) is 0. The Morgan fingerprint density at radius 2 is 1.67 bits per heavy atom. The first-order valence-electron chi connectivity index (χ1n) is 5.89. The second kappa shape index (κ2) is 4.83. The average Bonchev–Trinajstić information content (AvgIpc) is 2.21. The standard InChI is InChI=1S/C11H23NO2S/c1-4-11(3,5-2)12-10-6-8-15(13,14)9-7-10/h10,12H,4-9H2,1-3H3. The highest BCUT2D eigenvalue weighted by Gasteiger charge is 2.28. The van der Waals surface area contributed by atoms with Crippen molar-refractivity contribution in [2.75, 3.05) is 11.5 Å². The fourth-order valence-corrected chi connectivity index (χ4v) is 3.47. The normalized spacial score (nSPS) is 22.9. The van der Waals surface area contributed by atoms with Crippen LogP contribution in [0.15, 0.2) is 0 Å². The van der Waals surface area contributed by atoms with E-state index in [-0.39, 0.29) is 5.54 Å². The number of hydrogen-bond acceptors (Lipinski definition) is 3. The largest absolute Gasteiger partial charge is 0.309 e. The molecule has 0 aromatic heterocycles. The van der Waals surface area contributed by atoms with Crippen molar-refractivity contribution in [2.45, 2.75) is 58.0 Å². The third kappa shape index (κ3) is 3.76. The van der Waals surface area contributed by atoms with Crippen LogP contribution in [0.4, 0.5) is 0 Å². The lowest BCUT2D eigenvalue weighted by atomic mass is 9.93. The molecular formula is C11H23NO2S. The zero-order chi connectivity index (χ0) is 11.5. The molecule has 0 atom stereocenters. The van der Waals surface area contributed by atoms with Crippen molar-refractivity contribution >= 4 is 9.84 Å². The summed E-state index contributed by atoms with van der Waals surface area (Å²) in [6.07, 6.45) is 3.73. The molecule has 0 spiro atoms. The van der Waals surface area contributed by atoms with Gasteiger partial charge in [-0.3, -0.25) is 0 Å². The van der Waals surface area contributed by atoms with Crippen LogP contribution >= 0.6 is 0 Å². The van der Waals surface area contributed by atoms with Crippen molar-refractivity contribution in [1.29, 1.82) is 0 Å². The van der Waals surface area contributed by atoms with E-state index in [2.05, 4.69) is 26.1 Å². The minimum absolute atomic E-state index is 0.172. The van der Waals surface area contributed by atoms with Gasteiger partial charge in [0.2, 0.25) is 0 Å². The van der Waals surface area contributed by atoms with E-state index in [1.165, 1.54) is 0 Å². The van der Waals surface area contributed by atoms with E-state index in [1.807, 2.05) is 0 Å². The molecule has 1 rings (SSSR count). The Bertz CT molecular complexity index is 280. The molecule has 1 fully saturated rings. The van der Waals surface area contributed by atoms with E-state index >= 15 is 0 Å². The highest BCUT2D eigenvalue weighted by molar-refractivity contribution is 7.91. The molecule has 1 aliphatic heterocycles. The van der Waals surface area contributed by atoms with Gasteiger partial charge in [0, 0.05) is 11.6 Å². The summed E-state index contributed by atoms with van der Waals surface area (Å²) in [5.41, 5.74) is 0.172. The molecule has 3 nitrogen and oxygen atoms in total. The Balaban J connectivity index is 2.48. The van der Waals surface area contributed by atoms with E-state index in [1.54, 1.807) is 0 Å². The molecular weight excluding hydrogens is 210 g/mol. The van der Waals surface area contributed by atoms with Gasteiger partial charge in [-0.15, -0.1) is 0 Å². The molecule has 0 aliphatic carbocycles. The van der Waals surface area contributed by atoms with Crippen molar-refractivity contribution < 1.29 is 8.42 Å². The molecule has 0 amide bonds. The molecule has 0 radical (unpaired) electrons. The summed E-state index contributed by atoms with van der Waals surface area (Å²) in [5.74, 6) is 0.711. The van der Waals surface area contributed by atoms with Gasteiger partial charge in [-0.1, -0.05) is 13.8 Å². The Labute approximate surface area is 93.6 Å². The van der Waals surface area contributed by atoms with Gasteiger partial charge in [0.15, 0.2) is 0 Å². The number of hydrogen-bond donors (Lipinski definition) is 1. The van der Waals surface area contributed by atoms with Gasteiger partial charge in [-0.05, 0) is 32.6 Å². The summed E-state index contributed by atoms with van der Waals surface area (Å²) < 4.78 is 22.5. The zero-order valence-corrected chi connectivity index (χ0v) is 10.9. The van der Waals surface area contributed by atoms with E-state index < -0.39 is 9.84 Å². The highest BCUT2D eigenvalue weighted by atomic mass is 32.2. The van der Waals surface area contributed by atoms with Gasteiger partial charge in [0.05, 0.1) is 11.5 Å². The van der Waals surface area contributed by atoms with E-state index in [9.17, 15) is 8.42 Å². The average molecular weight is 233 g/mol. The lowest BCUT2D eigenvalue weighted by Crippen LogP contribution is -2.50. The van der Waals surface area contributed by atoms with Gasteiger partial charge < -0.3 is 5.32 Å². The maximum Gasteiger partial charge on any atom is 0.150 e. The summed E-state index contributed by atoms with van der Waals surface area (Å²) in [6.45, 7) is 6.57. The zero-order valence-electron chi connectivity index (χ0n) is 10.0. The van der Waals surface area contributed by atoms with Crippen LogP contribution in [0.1, 0.15) is 46.5 Å². The van der Waals surface area contributed by atoms with Crippen LogP contribution in [-0.4, -0.2) is 31.5 Å². The Morgan fingerprint density at radius 3 is 2.07 bits per heavy atom. The number of nitrogens with one attached hydrogen (secondary N) is 1. The topological polar surface area (TPSA) is 46.2 Å². The van der Waals surface area contributed by atoms with Crippen molar-refractivity contribution in [2.24, 2.45) is 0 Å².